The molecule has 1 saturated carbocycles. The predicted octanol–water partition coefficient (Wildman–Crippen LogP) is 2.33. The number of carbonyl (C=O) groups excluding carboxylic acids is 1. The van der Waals surface area contributed by atoms with Crippen molar-refractivity contribution >= 4 is 5.91 Å². The molecule has 0 bridgehead atoms. The van der Waals surface area contributed by atoms with Crippen molar-refractivity contribution in [2.45, 2.75) is 44.7 Å². The summed E-state index contributed by atoms with van der Waals surface area (Å²) < 4.78 is 5.11. The van der Waals surface area contributed by atoms with Gasteiger partial charge in [-0.05, 0) is 38.7 Å². The number of hydrogen-bond acceptors (Lipinski definition) is 3. The maximum absolute atomic E-state index is 12.0. The summed E-state index contributed by atoms with van der Waals surface area (Å²) in [5, 5.41) is 3.63. The molecule has 2 aliphatic rings. The molecule has 4 heteroatoms. The molecular formula is C15H22N2O2. The summed E-state index contributed by atoms with van der Waals surface area (Å²) in [4.78, 5) is 14.0. The molecule has 1 atom stereocenters. The fourth-order valence-corrected chi connectivity index (χ4v) is 2.83. The van der Waals surface area contributed by atoms with Gasteiger partial charge in [-0.1, -0.05) is 0 Å². The third-order valence-electron chi connectivity index (χ3n) is 4.26. The summed E-state index contributed by atoms with van der Waals surface area (Å²) in [6.45, 7) is 3.97. The lowest BCUT2D eigenvalue weighted by Gasteiger charge is -2.34. The Labute approximate surface area is 114 Å². The minimum atomic E-state index is 0.314. The van der Waals surface area contributed by atoms with Crippen LogP contribution in [0.5, 0.6) is 0 Å². The van der Waals surface area contributed by atoms with Gasteiger partial charge in [-0.25, -0.2) is 0 Å². The zero-order chi connectivity index (χ0) is 13.2. The topological polar surface area (TPSA) is 45.5 Å². The molecule has 0 spiro atoms. The van der Waals surface area contributed by atoms with Crippen LogP contribution >= 0.6 is 0 Å². The van der Waals surface area contributed by atoms with Gasteiger partial charge in [0, 0.05) is 36.7 Å². The Kier molecular flexibility index (Phi) is 3.60. The Morgan fingerprint density at radius 2 is 2.11 bits per heavy atom. The summed E-state index contributed by atoms with van der Waals surface area (Å²) >= 11 is 0. The molecule has 2 fully saturated rings. The molecule has 2 heterocycles. The van der Waals surface area contributed by atoms with E-state index in [2.05, 4.69) is 17.1 Å². The Balaban J connectivity index is 1.46. The Hall–Kier alpha value is -1.29. The fraction of sp³-hybridized carbons (Fsp3) is 0.667. The van der Waals surface area contributed by atoms with E-state index in [0.717, 1.165) is 38.8 Å². The zero-order valence-corrected chi connectivity index (χ0v) is 11.5. The van der Waals surface area contributed by atoms with Gasteiger partial charge in [0.25, 0.3) is 0 Å². The molecule has 1 N–H and O–H groups in total. The Bertz CT molecular complexity index is 417. The molecule has 0 radical (unpaired) electrons. The number of piperidine rings is 1. The van der Waals surface area contributed by atoms with Gasteiger partial charge in [-0.15, -0.1) is 0 Å². The summed E-state index contributed by atoms with van der Waals surface area (Å²) in [5.41, 5.74) is 1.19. The molecule has 1 saturated heterocycles. The van der Waals surface area contributed by atoms with Crippen molar-refractivity contribution in [1.29, 1.82) is 0 Å². The molecular weight excluding hydrogens is 240 g/mol. The Morgan fingerprint density at radius 3 is 2.68 bits per heavy atom. The maximum Gasteiger partial charge on any atom is 0.225 e. The van der Waals surface area contributed by atoms with Crippen molar-refractivity contribution in [2.75, 3.05) is 13.1 Å². The molecule has 1 amide bonds. The molecule has 4 nitrogen and oxygen atoms in total. The van der Waals surface area contributed by atoms with Crippen LogP contribution in [0.25, 0.3) is 0 Å². The molecule has 1 aromatic rings. The molecule has 1 unspecified atom stereocenters. The fourth-order valence-electron chi connectivity index (χ4n) is 2.83. The number of hydrogen-bond donors (Lipinski definition) is 1. The number of likely N-dealkylation sites (tertiary alicyclic amines) is 1. The predicted molar refractivity (Wildman–Crippen MR) is 72.6 cm³/mol. The Morgan fingerprint density at radius 1 is 1.37 bits per heavy atom. The van der Waals surface area contributed by atoms with Crippen LogP contribution in [0.1, 0.15) is 44.2 Å². The van der Waals surface area contributed by atoms with Crippen molar-refractivity contribution in [3.05, 3.63) is 24.2 Å². The lowest BCUT2D eigenvalue weighted by atomic mass is 10.0. The van der Waals surface area contributed by atoms with Crippen molar-refractivity contribution in [3.8, 4) is 0 Å². The highest BCUT2D eigenvalue weighted by Gasteiger charge is 2.34. The van der Waals surface area contributed by atoms with E-state index in [9.17, 15) is 4.79 Å². The average molecular weight is 262 g/mol. The molecule has 19 heavy (non-hydrogen) atoms. The number of nitrogens with zero attached hydrogens (tertiary/aromatic N) is 1. The van der Waals surface area contributed by atoms with Gasteiger partial charge in [0.05, 0.1) is 12.5 Å². The van der Waals surface area contributed by atoms with Crippen molar-refractivity contribution < 1.29 is 9.21 Å². The first-order valence-corrected chi connectivity index (χ1v) is 7.31. The summed E-state index contributed by atoms with van der Waals surface area (Å²) in [7, 11) is 0. The lowest BCUT2D eigenvalue weighted by Crippen LogP contribution is -2.45. The first kappa shape index (κ1) is 12.7. The highest BCUT2D eigenvalue weighted by Crippen LogP contribution is 2.32. The van der Waals surface area contributed by atoms with E-state index in [1.54, 1.807) is 12.5 Å². The van der Waals surface area contributed by atoms with Crippen LogP contribution in [0.15, 0.2) is 23.0 Å². The van der Waals surface area contributed by atoms with Crippen LogP contribution < -0.4 is 5.32 Å². The number of carbonyl (C=O) groups is 1. The normalized spacial score (nSPS) is 22.5. The highest BCUT2D eigenvalue weighted by molar-refractivity contribution is 5.81. The SMILES string of the molecule is CC(NC1CCN(C(=O)C2CC2)CC1)c1ccoc1. The van der Waals surface area contributed by atoms with Gasteiger partial charge in [0.1, 0.15) is 0 Å². The number of rotatable bonds is 4. The number of furan rings is 1. The molecule has 3 rings (SSSR count). The second-order valence-electron chi connectivity index (χ2n) is 5.82. The largest absolute Gasteiger partial charge is 0.472 e. The van der Waals surface area contributed by atoms with Gasteiger partial charge in [0.2, 0.25) is 5.91 Å². The smallest absolute Gasteiger partial charge is 0.225 e. The first-order chi connectivity index (χ1) is 9.24. The summed E-state index contributed by atoms with van der Waals surface area (Å²) in [6, 6.07) is 2.83. The summed E-state index contributed by atoms with van der Waals surface area (Å²) in [6.07, 6.45) is 7.83. The summed E-state index contributed by atoms with van der Waals surface area (Å²) in [5.74, 6) is 0.746. The van der Waals surface area contributed by atoms with E-state index >= 15 is 0 Å². The van der Waals surface area contributed by atoms with Crippen LogP contribution in [0.2, 0.25) is 0 Å². The van der Waals surface area contributed by atoms with Crippen molar-refractivity contribution in [3.63, 3.8) is 0 Å². The average Bonchev–Trinajstić information content (AvgIpc) is 3.13. The second kappa shape index (κ2) is 5.37. The van der Waals surface area contributed by atoms with Gasteiger partial charge < -0.3 is 14.6 Å². The van der Waals surface area contributed by atoms with Gasteiger partial charge >= 0.3 is 0 Å². The van der Waals surface area contributed by atoms with Crippen molar-refractivity contribution in [2.24, 2.45) is 5.92 Å². The first-order valence-electron chi connectivity index (χ1n) is 7.31. The standard InChI is InChI=1S/C15H22N2O2/c1-11(13-6-9-19-10-13)16-14-4-7-17(8-5-14)15(18)12-2-3-12/h6,9-12,14,16H,2-5,7-8H2,1H3. The molecule has 104 valence electrons. The van der Waals surface area contributed by atoms with Gasteiger partial charge in [0.15, 0.2) is 0 Å². The molecule has 1 aliphatic heterocycles. The van der Waals surface area contributed by atoms with Crippen LogP contribution in [0.4, 0.5) is 0 Å². The van der Waals surface area contributed by atoms with E-state index < -0.39 is 0 Å². The van der Waals surface area contributed by atoms with E-state index in [1.807, 2.05) is 6.07 Å². The van der Waals surface area contributed by atoms with E-state index in [0.29, 0.717) is 23.9 Å². The minimum absolute atomic E-state index is 0.314. The number of amides is 1. The zero-order valence-electron chi connectivity index (χ0n) is 11.5. The van der Waals surface area contributed by atoms with E-state index in [1.165, 1.54) is 5.56 Å². The van der Waals surface area contributed by atoms with Crippen LogP contribution in [0, 0.1) is 5.92 Å². The molecule has 0 aromatic carbocycles. The van der Waals surface area contributed by atoms with Gasteiger partial charge in [-0.2, -0.15) is 0 Å². The number of nitrogens with one attached hydrogen (secondary N) is 1. The van der Waals surface area contributed by atoms with Crippen LogP contribution in [-0.2, 0) is 4.79 Å². The third kappa shape index (κ3) is 3.00. The van der Waals surface area contributed by atoms with E-state index in [4.69, 9.17) is 4.42 Å². The third-order valence-corrected chi connectivity index (χ3v) is 4.26. The van der Waals surface area contributed by atoms with Crippen molar-refractivity contribution in [1.82, 2.24) is 10.2 Å². The molecule has 1 aliphatic carbocycles. The van der Waals surface area contributed by atoms with E-state index in [-0.39, 0.29) is 0 Å². The van der Waals surface area contributed by atoms with Gasteiger partial charge in [-0.3, -0.25) is 4.79 Å². The maximum atomic E-state index is 12.0. The lowest BCUT2D eigenvalue weighted by molar-refractivity contribution is -0.133. The molecule has 1 aromatic heterocycles. The van der Waals surface area contributed by atoms with Crippen LogP contribution in [-0.4, -0.2) is 29.9 Å². The minimum Gasteiger partial charge on any atom is -0.472 e. The quantitative estimate of drug-likeness (QED) is 0.906. The second-order valence-corrected chi connectivity index (χ2v) is 5.82. The highest BCUT2D eigenvalue weighted by atomic mass is 16.3. The van der Waals surface area contributed by atoms with Crippen LogP contribution in [0.3, 0.4) is 0 Å². The monoisotopic (exact) mass is 262 g/mol.